The second-order valence-corrected chi connectivity index (χ2v) is 8.38. The predicted octanol–water partition coefficient (Wildman–Crippen LogP) is 5.35. The van der Waals surface area contributed by atoms with Crippen LogP contribution in [-0.4, -0.2) is 33.4 Å². The van der Waals surface area contributed by atoms with Gasteiger partial charge in [-0.05, 0) is 35.6 Å². The Morgan fingerprint density at radius 3 is 2.21 bits per heavy atom. The Hall–Kier alpha value is -2.88. The number of carbonyl (C=O) groups excluding carboxylic acids is 1. The highest BCUT2D eigenvalue weighted by Crippen LogP contribution is 2.19. The third-order valence-corrected chi connectivity index (χ3v) is 4.73. The molecule has 0 unspecified atom stereocenters. The van der Waals surface area contributed by atoms with E-state index in [-0.39, 0.29) is 5.91 Å². The quantitative estimate of drug-likeness (QED) is 0.521. The van der Waals surface area contributed by atoms with Crippen molar-refractivity contribution in [3.8, 4) is 0 Å². The molecule has 0 aliphatic rings. The topological polar surface area (TPSA) is 38.1 Å². The van der Waals surface area contributed by atoms with Crippen LogP contribution in [-0.2, 0) is 11.3 Å². The van der Waals surface area contributed by atoms with Gasteiger partial charge in [0.2, 0.25) is 5.91 Å². The molecule has 3 rings (SSSR count). The van der Waals surface area contributed by atoms with Crippen molar-refractivity contribution in [3.63, 3.8) is 0 Å². The van der Waals surface area contributed by atoms with Gasteiger partial charge in [-0.1, -0.05) is 76.2 Å². The van der Waals surface area contributed by atoms with Gasteiger partial charge in [-0.2, -0.15) is 0 Å². The van der Waals surface area contributed by atoms with E-state index < -0.39 is 0 Å². The van der Waals surface area contributed by atoms with E-state index in [9.17, 15) is 4.79 Å². The molecule has 152 valence electrons. The fourth-order valence-corrected chi connectivity index (χ4v) is 3.52. The first-order valence-corrected chi connectivity index (χ1v) is 10.4. The lowest BCUT2D eigenvalue weighted by Crippen LogP contribution is -2.39. The third kappa shape index (κ3) is 5.57. The van der Waals surface area contributed by atoms with Gasteiger partial charge in [0, 0.05) is 13.1 Å². The number of para-hydroxylation sites is 2. The van der Waals surface area contributed by atoms with Crippen molar-refractivity contribution in [2.75, 3.05) is 13.1 Å². The van der Waals surface area contributed by atoms with Crippen LogP contribution in [0.2, 0.25) is 0 Å². The second kappa shape index (κ2) is 9.55. The summed E-state index contributed by atoms with van der Waals surface area (Å²) in [4.78, 5) is 20.0. The van der Waals surface area contributed by atoms with Crippen molar-refractivity contribution in [1.29, 1.82) is 0 Å². The van der Waals surface area contributed by atoms with Crippen LogP contribution in [0.15, 0.2) is 54.6 Å². The van der Waals surface area contributed by atoms with Gasteiger partial charge in [0.25, 0.3) is 0 Å². The average molecular weight is 390 g/mol. The molecular weight excluding hydrogens is 358 g/mol. The minimum absolute atomic E-state index is 0.143. The first kappa shape index (κ1) is 20.8. The number of carbonyl (C=O) groups is 1. The molecule has 0 radical (unpaired) electrons. The van der Waals surface area contributed by atoms with Crippen LogP contribution in [0.3, 0.4) is 0 Å². The van der Waals surface area contributed by atoms with Crippen molar-refractivity contribution in [3.05, 3.63) is 66.0 Å². The molecule has 2 aromatic carbocycles. The van der Waals surface area contributed by atoms with Crippen LogP contribution in [0.1, 0.15) is 39.1 Å². The predicted molar refractivity (Wildman–Crippen MR) is 121 cm³/mol. The highest BCUT2D eigenvalue weighted by molar-refractivity contribution is 5.83. The van der Waals surface area contributed by atoms with Crippen LogP contribution in [0.5, 0.6) is 0 Å². The standard InChI is InChI=1S/C25H31N3O/c1-19(2)16-27(17-20(3)4)25(29)18-28-23-13-9-8-12-22(23)26-24(28)15-14-21-10-6-5-7-11-21/h5-15,19-20H,16-18H2,1-4H3/b15-14+. The lowest BCUT2D eigenvalue weighted by Gasteiger charge is -2.27. The molecule has 1 heterocycles. The summed E-state index contributed by atoms with van der Waals surface area (Å²) in [6.45, 7) is 10.5. The smallest absolute Gasteiger partial charge is 0.242 e. The first-order chi connectivity index (χ1) is 13.9. The van der Waals surface area contributed by atoms with Gasteiger partial charge in [0.05, 0.1) is 11.0 Å². The van der Waals surface area contributed by atoms with Crippen LogP contribution in [0.25, 0.3) is 23.2 Å². The molecule has 0 aliphatic carbocycles. The molecular formula is C25H31N3O. The van der Waals surface area contributed by atoms with E-state index >= 15 is 0 Å². The summed E-state index contributed by atoms with van der Waals surface area (Å²) in [5.41, 5.74) is 3.01. The summed E-state index contributed by atoms with van der Waals surface area (Å²) in [5, 5.41) is 0. The van der Waals surface area contributed by atoms with Gasteiger partial charge in [-0.25, -0.2) is 4.98 Å². The van der Waals surface area contributed by atoms with Crippen molar-refractivity contribution >= 4 is 29.1 Å². The monoisotopic (exact) mass is 389 g/mol. The molecule has 0 N–H and O–H groups in total. The van der Waals surface area contributed by atoms with E-state index in [0.29, 0.717) is 18.4 Å². The van der Waals surface area contributed by atoms with Crippen molar-refractivity contribution in [1.82, 2.24) is 14.5 Å². The van der Waals surface area contributed by atoms with Gasteiger partial charge in [-0.15, -0.1) is 0 Å². The molecule has 0 saturated heterocycles. The minimum atomic E-state index is 0.143. The summed E-state index contributed by atoms with van der Waals surface area (Å²) < 4.78 is 2.03. The van der Waals surface area contributed by atoms with E-state index in [2.05, 4.69) is 39.8 Å². The number of fused-ring (bicyclic) bond motifs is 1. The fraction of sp³-hybridized carbons (Fsp3) is 0.360. The van der Waals surface area contributed by atoms with Gasteiger partial charge >= 0.3 is 0 Å². The lowest BCUT2D eigenvalue weighted by molar-refractivity contribution is -0.132. The number of amides is 1. The van der Waals surface area contributed by atoms with Crippen LogP contribution in [0, 0.1) is 11.8 Å². The first-order valence-electron chi connectivity index (χ1n) is 10.4. The number of nitrogens with zero attached hydrogens (tertiary/aromatic N) is 3. The second-order valence-electron chi connectivity index (χ2n) is 8.38. The number of benzene rings is 2. The number of hydrogen-bond acceptors (Lipinski definition) is 2. The van der Waals surface area contributed by atoms with Crippen LogP contribution >= 0.6 is 0 Å². The van der Waals surface area contributed by atoms with Gasteiger partial charge < -0.3 is 9.47 Å². The molecule has 0 aliphatic heterocycles. The average Bonchev–Trinajstić information content (AvgIpc) is 3.03. The molecule has 0 spiro atoms. The molecule has 4 heteroatoms. The minimum Gasteiger partial charge on any atom is -0.341 e. The SMILES string of the molecule is CC(C)CN(CC(C)C)C(=O)Cn1c(/C=C/c2ccccc2)nc2ccccc21. The number of imidazole rings is 1. The number of hydrogen-bond donors (Lipinski definition) is 0. The normalized spacial score (nSPS) is 11.8. The van der Waals surface area contributed by atoms with E-state index in [0.717, 1.165) is 35.5 Å². The Bertz CT molecular complexity index is 960. The zero-order valence-corrected chi connectivity index (χ0v) is 17.9. The number of aromatic nitrogens is 2. The van der Waals surface area contributed by atoms with Crippen molar-refractivity contribution in [2.45, 2.75) is 34.2 Å². The summed E-state index contributed by atoms with van der Waals surface area (Å²) in [7, 11) is 0. The Balaban J connectivity index is 1.92. The van der Waals surface area contributed by atoms with E-state index in [1.165, 1.54) is 0 Å². The van der Waals surface area contributed by atoms with Gasteiger partial charge in [-0.3, -0.25) is 4.79 Å². The van der Waals surface area contributed by atoms with Gasteiger partial charge in [0.1, 0.15) is 12.4 Å². The molecule has 0 fully saturated rings. The molecule has 0 saturated carbocycles. The maximum absolute atomic E-state index is 13.2. The summed E-state index contributed by atoms with van der Waals surface area (Å²) in [5.74, 6) is 1.83. The molecule has 4 nitrogen and oxygen atoms in total. The summed E-state index contributed by atoms with van der Waals surface area (Å²) >= 11 is 0. The highest BCUT2D eigenvalue weighted by atomic mass is 16.2. The summed E-state index contributed by atoms with van der Waals surface area (Å²) in [6, 6.07) is 18.2. The Morgan fingerprint density at radius 2 is 1.55 bits per heavy atom. The zero-order valence-electron chi connectivity index (χ0n) is 17.9. The molecule has 1 amide bonds. The van der Waals surface area contributed by atoms with Crippen LogP contribution < -0.4 is 0 Å². The maximum Gasteiger partial charge on any atom is 0.242 e. The summed E-state index contributed by atoms with van der Waals surface area (Å²) in [6.07, 6.45) is 4.04. The molecule has 0 bridgehead atoms. The van der Waals surface area contributed by atoms with E-state index in [1.54, 1.807) is 0 Å². The molecule has 29 heavy (non-hydrogen) atoms. The third-order valence-electron chi connectivity index (χ3n) is 4.73. The van der Waals surface area contributed by atoms with Crippen molar-refractivity contribution < 1.29 is 4.79 Å². The lowest BCUT2D eigenvalue weighted by atomic mass is 10.1. The van der Waals surface area contributed by atoms with Crippen molar-refractivity contribution in [2.24, 2.45) is 11.8 Å². The largest absolute Gasteiger partial charge is 0.341 e. The highest BCUT2D eigenvalue weighted by Gasteiger charge is 2.19. The Kier molecular flexibility index (Phi) is 6.86. The molecule has 3 aromatic rings. The molecule has 1 aromatic heterocycles. The zero-order chi connectivity index (χ0) is 20.8. The van der Waals surface area contributed by atoms with E-state index in [4.69, 9.17) is 4.98 Å². The number of rotatable bonds is 8. The molecule has 0 atom stereocenters. The van der Waals surface area contributed by atoms with Gasteiger partial charge in [0.15, 0.2) is 0 Å². The fourth-order valence-electron chi connectivity index (χ4n) is 3.52. The van der Waals surface area contributed by atoms with Crippen LogP contribution in [0.4, 0.5) is 0 Å². The van der Waals surface area contributed by atoms with E-state index in [1.807, 2.05) is 64.1 Å². The Labute approximate surface area is 173 Å². The Morgan fingerprint density at radius 1 is 0.931 bits per heavy atom. The maximum atomic E-state index is 13.2.